The molecule has 0 bridgehead atoms. The molecule has 2 heterocycles. The van der Waals surface area contributed by atoms with E-state index < -0.39 is 17.6 Å². The first-order valence-corrected chi connectivity index (χ1v) is 4.40. The molecule has 6 nitrogen and oxygen atoms in total. The lowest BCUT2D eigenvalue weighted by atomic mass is 10.1. The van der Waals surface area contributed by atoms with Gasteiger partial charge in [0.25, 0.3) is 0 Å². The van der Waals surface area contributed by atoms with E-state index in [1.165, 1.54) is 6.07 Å². The molecule has 0 aliphatic carbocycles. The highest BCUT2D eigenvalue weighted by Gasteiger charge is 2.22. The third kappa shape index (κ3) is 1.60. The van der Waals surface area contributed by atoms with Crippen LogP contribution in [0.2, 0.25) is 0 Å². The zero-order valence-corrected chi connectivity index (χ0v) is 8.01. The number of nitrogens with zero attached hydrogens (tertiary/aromatic N) is 1. The van der Waals surface area contributed by atoms with Gasteiger partial charge in [-0.3, -0.25) is 0 Å². The maximum absolute atomic E-state index is 10.8. The molecule has 0 unspecified atom stereocenters. The van der Waals surface area contributed by atoms with Crippen LogP contribution in [0.1, 0.15) is 26.4 Å². The molecule has 1 aromatic rings. The number of carboxylic acids is 2. The van der Waals surface area contributed by atoms with Crippen LogP contribution in [0.4, 0.5) is 0 Å². The molecule has 0 saturated heterocycles. The fourth-order valence-electron chi connectivity index (χ4n) is 1.38. The Morgan fingerprint density at radius 1 is 1.31 bits per heavy atom. The van der Waals surface area contributed by atoms with Crippen LogP contribution >= 0.6 is 0 Å². The first kappa shape index (κ1) is 10.2. The minimum Gasteiger partial charge on any atom is -0.478 e. The van der Waals surface area contributed by atoms with Gasteiger partial charge < -0.3 is 14.9 Å². The first-order chi connectivity index (χ1) is 7.59. The molecule has 0 fully saturated rings. The van der Waals surface area contributed by atoms with Gasteiger partial charge in [0.05, 0.1) is 5.56 Å². The Labute approximate surface area is 89.8 Å². The van der Waals surface area contributed by atoms with Gasteiger partial charge >= 0.3 is 11.9 Å². The van der Waals surface area contributed by atoms with Gasteiger partial charge in [-0.05, 0) is 12.1 Å². The monoisotopic (exact) mass is 221 g/mol. The highest BCUT2D eigenvalue weighted by Crippen LogP contribution is 2.24. The van der Waals surface area contributed by atoms with E-state index in [1.807, 2.05) is 0 Å². The quantitative estimate of drug-likeness (QED) is 0.769. The highest BCUT2D eigenvalue weighted by molar-refractivity contribution is 6.01. The molecular formula is C10H7NO5. The number of hydrogen-bond acceptors (Lipinski definition) is 4. The van der Waals surface area contributed by atoms with Crippen molar-refractivity contribution in [3.63, 3.8) is 0 Å². The summed E-state index contributed by atoms with van der Waals surface area (Å²) in [6, 6.07) is 1.24. The number of carboxylic acid groups (broad SMARTS) is 2. The third-order valence-electron chi connectivity index (χ3n) is 2.06. The molecule has 0 amide bonds. The Morgan fingerprint density at radius 2 is 2.06 bits per heavy atom. The zero-order valence-electron chi connectivity index (χ0n) is 8.01. The van der Waals surface area contributed by atoms with Crippen molar-refractivity contribution in [1.82, 2.24) is 4.98 Å². The molecule has 0 saturated carbocycles. The van der Waals surface area contributed by atoms with Crippen molar-refractivity contribution in [2.45, 2.75) is 0 Å². The Morgan fingerprint density at radius 3 is 2.69 bits per heavy atom. The van der Waals surface area contributed by atoms with Gasteiger partial charge in [-0.2, -0.15) is 0 Å². The van der Waals surface area contributed by atoms with E-state index in [2.05, 4.69) is 4.98 Å². The lowest BCUT2D eigenvalue weighted by Crippen LogP contribution is -2.14. The molecule has 6 heteroatoms. The summed E-state index contributed by atoms with van der Waals surface area (Å²) in [7, 11) is 0. The molecule has 0 aromatic carbocycles. The molecular weight excluding hydrogens is 214 g/mol. The third-order valence-corrected chi connectivity index (χ3v) is 2.06. The van der Waals surface area contributed by atoms with Crippen molar-refractivity contribution in [3.05, 3.63) is 29.0 Å². The number of hydrogen-bond donors (Lipinski definition) is 2. The summed E-state index contributed by atoms with van der Waals surface area (Å²) >= 11 is 0. The normalized spacial score (nSPS) is 12.8. The second-order valence-corrected chi connectivity index (χ2v) is 3.10. The summed E-state index contributed by atoms with van der Waals surface area (Å²) in [6.45, 7) is 0.297. The van der Waals surface area contributed by atoms with Crippen LogP contribution in [0.3, 0.4) is 0 Å². The van der Waals surface area contributed by atoms with Gasteiger partial charge in [0.1, 0.15) is 6.61 Å². The lowest BCUT2D eigenvalue weighted by Gasteiger charge is -2.12. The summed E-state index contributed by atoms with van der Waals surface area (Å²) in [5, 5.41) is 17.7. The van der Waals surface area contributed by atoms with Crippen molar-refractivity contribution in [2.24, 2.45) is 0 Å². The Bertz CT molecular complexity index is 506. The number of fused-ring (bicyclic) bond motifs is 1. The Hall–Kier alpha value is -2.37. The first-order valence-electron chi connectivity index (χ1n) is 4.40. The average Bonchev–Trinajstić information content (AvgIpc) is 2.27. The molecule has 0 atom stereocenters. The van der Waals surface area contributed by atoms with Crippen LogP contribution in [0, 0.1) is 0 Å². The molecule has 0 radical (unpaired) electrons. The van der Waals surface area contributed by atoms with Gasteiger partial charge in [0.15, 0.2) is 5.69 Å². The van der Waals surface area contributed by atoms with E-state index in [4.69, 9.17) is 14.9 Å². The summed E-state index contributed by atoms with van der Waals surface area (Å²) in [4.78, 5) is 25.3. The number of ether oxygens (including phenoxy) is 1. The Kier molecular flexibility index (Phi) is 2.32. The minimum absolute atomic E-state index is 0.143. The van der Waals surface area contributed by atoms with E-state index in [0.717, 1.165) is 0 Å². The number of aromatic carboxylic acids is 2. The van der Waals surface area contributed by atoms with Crippen LogP contribution in [-0.4, -0.2) is 33.7 Å². The van der Waals surface area contributed by atoms with Crippen LogP contribution < -0.4 is 4.74 Å². The van der Waals surface area contributed by atoms with Gasteiger partial charge in [-0.15, -0.1) is 0 Å². The molecule has 1 aliphatic heterocycles. The van der Waals surface area contributed by atoms with Crippen molar-refractivity contribution in [3.8, 4) is 5.88 Å². The Balaban J connectivity index is 2.65. The number of aromatic nitrogens is 1. The van der Waals surface area contributed by atoms with Crippen molar-refractivity contribution >= 4 is 18.0 Å². The molecule has 0 spiro atoms. The van der Waals surface area contributed by atoms with E-state index in [9.17, 15) is 9.59 Å². The van der Waals surface area contributed by atoms with Crippen molar-refractivity contribution in [2.75, 3.05) is 6.61 Å². The summed E-state index contributed by atoms with van der Waals surface area (Å²) in [5.41, 5.74) is -0.392. The molecule has 2 rings (SSSR count). The number of pyridine rings is 1. The smallest absolute Gasteiger partial charge is 0.355 e. The second kappa shape index (κ2) is 3.65. The van der Waals surface area contributed by atoms with Gasteiger partial charge in [-0.1, -0.05) is 6.08 Å². The SMILES string of the molecule is O=C(O)c1cc2c(nc1C(=O)O)OCC=C2. The van der Waals surface area contributed by atoms with Crippen LogP contribution in [0.5, 0.6) is 5.88 Å². The molecule has 2 N–H and O–H groups in total. The maximum atomic E-state index is 10.8. The summed E-state index contributed by atoms with van der Waals surface area (Å²) < 4.78 is 5.09. The van der Waals surface area contributed by atoms with Crippen LogP contribution in [0.25, 0.3) is 6.08 Å². The number of carbonyl (C=O) groups is 2. The van der Waals surface area contributed by atoms with Gasteiger partial charge in [0.2, 0.25) is 5.88 Å². The van der Waals surface area contributed by atoms with E-state index in [-0.39, 0.29) is 11.4 Å². The van der Waals surface area contributed by atoms with E-state index in [0.29, 0.717) is 12.2 Å². The molecule has 82 valence electrons. The average molecular weight is 221 g/mol. The highest BCUT2D eigenvalue weighted by atomic mass is 16.5. The predicted molar refractivity (Wildman–Crippen MR) is 52.7 cm³/mol. The van der Waals surface area contributed by atoms with Crippen LogP contribution in [0.15, 0.2) is 12.1 Å². The molecule has 1 aliphatic rings. The largest absolute Gasteiger partial charge is 0.478 e. The lowest BCUT2D eigenvalue weighted by molar-refractivity contribution is 0.0645. The summed E-state index contributed by atoms with van der Waals surface area (Å²) in [5.74, 6) is -2.57. The standard InChI is InChI=1S/C10H7NO5/c12-9(13)6-4-5-2-1-3-16-8(5)11-7(6)10(14)15/h1-2,4H,3H2,(H,12,13)(H,14,15). The van der Waals surface area contributed by atoms with Crippen molar-refractivity contribution in [1.29, 1.82) is 0 Å². The maximum Gasteiger partial charge on any atom is 0.355 e. The second-order valence-electron chi connectivity index (χ2n) is 3.10. The van der Waals surface area contributed by atoms with E-state index in [1.54, 1.807) is 12.2 Å². The van der Waals surface area contributed by atoms with Crippen LogP contribution in [-0.2, 0) is 0 Å². The van der Waals surface area contributed by atoms with E-state index >= 15 is 0 Å². The van der Waals surface area contributed by atoms with Gasteiger partial charge in [-0.25, -0.2) is 14.6 Å². The fourth-order valence-corrected chi connectivity index (χ4v) is 1.38. The topological polar surface area (TPSA) is 96.7 Å². The minimum atomic E-state index is -1.39. The van der Waals surface area contributed by atoms with Gasteiger partial charge in [0, 0.05) is 5.56 Å². The molecule has 16 heavy (non-hydrogen) atoms. The number of rotatable bonds is 2. The molecule has 1 aromatic heterocycles. The predicted octanol–water partition coefficient (Wildman–Crippen LogP) is 0.884. The van der Waals surface area contributed by atoms with Crippen molar-refractivity contribution < 1.29 is 24.5 Å². The zero-order chi connectivity index (χ0) is 11.7. The summed E-state index contributed by atoms with van der Waals surface area (Å²) in [6.07, 6.45) is 3.33. The fraction of sp³-hybridized carbons (Fsp3) is 0.100.